The predicted molar refractivity (Wildman–Crippen MR) is 220 cm³/mol. The number of hydrogen-bond acceptors (Lipinski definition) is 8. The number of esters is 1. The van der Waals surface area contributed by atoms with Gasteiger partial charge in [0.25, 0.3) is 11.8 Å². The van der Waals surface area contributed by atoms with E-state index in [4.69, 9.17) is 18.9 Å². The number of methoxy groups -OCH3 is 1. The zero-order valence-corrected chi connectivity index (χ0v) is 32.5. The molecule has 2 aliphatic rings. The van der Waals surface area contributed by atoms with Crippen LogP contribution in [-0.2, 0) is 22.5 Å². The number of rotatable bonds is 13. The van der Waals surface area contributed by atoms with Gasteiger partial charge in [0.15, 0.2) is 11.5 Å². The number of hydrogen-bond donors (Lipinski definition) is 1. The summed E-state index contributed by atoms with van der Waals surface area (Å²) in [5.41, 5.74) is 3.28. The predicted octanol–water partition coefficient (Wildman–Crippen LogP) is 7.56. The highest BCUT2D eigenvalue weighted by Crippen LogP contribution is 2.50. The van der Waals surface area contributed by atoms with Crippen LogP contribution < -0.4 is 24.4 Å². The van der Waals surface area contributed by atoms with Gasteiger partial charge in [-0.25, -0.2) is 9.18 Å². The van der Waals surface area contributed by atoms with Gasteiger partial charge in [-0.1, -0.05) is 78.9 Å². The first-order valence-corrected chi connectivity index (χ1v) is 19.4. The molecule has 0 radical (unpaired) electrons. The Hall–Kier alpha value is -7.47. The maximum absolute atomic E-state index is 15.6. The van der Waals surface area contributed by atoms with E-state index >= 15 is 4.79 Å². The fraction of sp³-hybridized carbons (Fsp3) is 0.167. The Balaban J connectivity index is 1.28. The van der Waals surface area contributed by atoms with Crippen molar-refractivity contribution in [3.8, 4) is 17.2 Å². The monoisotopic (exact) mass is 805 g/mol. The van der Waals surface area contributed by atoms with Crippen molar-refractivity contribution < 1.29 is 42.5 Å². The van der Waals surface area contributed by atoms with Crippen molar-refractivity contribution in [3.05, 3.63) is 191 Å². The zero-order chi connectivity index (χ0) is 41.6. The van der Waals surface area contributed by atoms with Gasteiger partial charge in [0.05, 0.1) is 30.4 Å². The highest BCUT2D eigenvalue weighted by atomic mass is 19.1. The summed E-state index contributed by atoms with van der Waals surface area (Å²) in [6, 6.07) is 39.0. The molecule has 12 heteroatoms. The molecule has 3 amide bonds. The lowest BCUT2D eigenvalue weighted by molar-refractivity contribution is -0.137. The Bertz CT molecular complexity index is 2490. The second kappa shape index (κ2) is 17.6. The van der Waals surface area contributed by atoms with Crippen LogP contribution in [0.3, 0.4) is 0 Å². The fourth-order valence-corrected chi connectivity index (χ4v) is 7.59. The second-order valence-electron chi connectivity index (χ2n) is 14.3. The lowest BCUT2D eigenvalue weighted by Crippen LogP contribution is -2.54. The van der Waals surface area contributed by atoms with Gasteiger partial charge in [0.1, 0.15) is 24.2 Å². The highest BCUT2D eigenvalue weighted by Gasteiger charge is 2.49. The van der Waals surface area contributed by atoms with E-state index in [9.17, 15) is 18.8 Å². The maximum atomic E-state index is 15.6. The number of amides is 3. The molecule has 0 bridgehead atoms. The first-order chi connectivity index (χ1) is 29.3. The van der Waals surface area contributed by atoms with Gasteiger partial charge in [-0.05, 0) is 77.9 Å². The molecular weight excluding hydrogens is 766 g/mol. The number of carbonyl (C=O) groups excluding carboxylic acids is 4. The average Bonchev–Trinajstić information content (AvgIpc) is 3.88. The zero-order valence-electron chi connectivity index (χ0n) is 32.5. The van der Waals surface area contributed by atoms with Gasteiger partial charge in [-0.15, -0.1) is 0 Å². The van der Waals surface area contributed by atoms with Crippen LogP contribution in [0.15, 0.2) is 152 Å². The Kier molecular flexibility index (Phi) is 11.5. The summed E-state index contributed by atoms with van der Waals surface area (Å²) in [4.78, 5) is 61.1. The van der Waals surface area contributed by atoms with Crippen LogP contribution in [0, 0.1) is 5.82 Å². The van der Waals surface area contributed by atoms with Crippen molar-refractivity contribution in [2.24, 2.45) is 0 Å². The molecule has 0 spiro atoms. The molecule has 6 aromatic rings. The molecule has 8 rings (SSSR count). The van der Waals surface area contributed by atoms with Gasteiger partial charge < -0.3 is 29.2 Å². The SMILES string of the molecule is COc1ccc(CN(C(=O)[C@H](Cc2ccccc2)NC(=O)c2ccc(F)cc2)[C@H]2c3cc4c(cc3N(C(=O)c3ccccc3)[C@@H]2COC(=O)c2ccccc2)OCO4)cc1. The van der Waals surface area contributed by atoms with Crippen molar-refractivity contribution in [3.63, 3.8) is 0 Å². The van der Waals surface area contributed by atoms with E-state index in [1.54, 1.807) is 102 Å². The quantitative estimate of drug-likeness (QED) is 0.119. The lowest BCUT2D eigenvalue weighted by Gasteiger charge is -2.37. The molecule has 302 valence electrons. The summed E-state index contributed by atoms with van der Waals surface area (Å²) >= 11 is 0. The minimum Gasteiger partial charge on any atom is -0.497 e. The molecule has 60 heavy (non-hydrogen) atoms. The average molecular weight is 806 g/mol. The standard InChI is InChI=1S/C48H40FN3O8/c1-57-37-23-17-32(18-24-37)28-51(47(55)39(25-31-11-5-2-6-12-31)50-45(53)33-19-21-36(49)22-20-33)44-38-26-42-43(60-30-59-42)27-40(38)52(46(54)34-13-7-3-8-14-34)41(44)29-58-48(56)35-15-9-4-10-16-35/h2-24,26-27,39,41,44H,25,28-30H2,1H3,(H,50,53)/t39-,41+,44-/m0/s1. The molecule has 1 N–H and O–H groups in total. The van der Waals surface area contributed by atoms with Gasteiger partial charge in [0.2, 0.25) is 12.7 Å². The van der Waals surface area contributed by atoms with Crippen LogP contribution in [0.25, 0.3) is 0 Å². The van der Waals surface area contributed by atoms with Crippen molar-refractivity contribution in [1.29, 1.82) is 0 Å². The van der Waals surface area contributed by atoms with E-state index in [0.29, 0.717) is 45.2 Å². The molecule has 0 aromatic heterocycles. The molecule has 0 fully saturated rings. The van der Waals surface area contributed by atoms with E-state index in [0.717, 1.165) is 5.56 Å². The Morgan fingerprint density at radius 3 is 2.02 bits per heavy atom. The molecule has 0 saturated carbocycles. The van der Waals surface area contributed by atoms with Crippen LogP contribution in [-0.4, -0.2) is 61.2 Å². The third kappa shape index (κ3) is 8.39. The molecule has 2 heterocycles. The minimum atomic E-state index is -1.16. The Labute approximate surface area is 345 Å². The normalized spacial score (nSPS) is 15.4. The van der Waals surface area contributed by atoms with E-state index < -0.39 is 47.6 Å². The minimum absolute atomic E-state index is 0.00438. The Morgan fingerprint density at radius 2 is 1.37 bits per heavy atom. The van der Waals surface area contributed by atoms with Crippen molar-refractivity contribution in [1.82, 2.24) is 10.2 Å². The van der Waals surface area contributed by atoms with Crippen LogP contribution in [0.1, 0.15) is 53.8 Å². The van der Waals surface area contributed by atoms with Crippen molar-refractivity contribution in [2.75, 3.05) is 25.4 Å². The van der Waals surface area contributed by atoms with E-state index in [1.807, 2.05) is 42.5 Å². The van der Waals surface area contributed by atoms with Gasteiger partial charge in [0, 0.05) is 35.7 Å². The van der Waals surface area contributed by atoms with Crippen LogP contribution in [0.2, 0.25) is 0 Å². The first-order valence-electron chi connectivity index (χ1n) is 19.4. The molecule has 3 atom stereocenters. The molecule has 0 unspecified atom stereocenters. The largest absolute Gasteiger partial charge is 0.497 e. The smallest absolute Gasteiger partial charge is 0.338 e. The molecular formula is C48H40FN3O8. The third-order valence-corrected chi connectivity index (χ3v) is 10.6. The number of benzene rings is 6. The number of nitrogens with zero attached hydrogens (tertiary/aromatic N) is 2. The second-order valence-corrected chi connectivity index (χ2v) is 14.3. The fourth-order valence-electron chi connectivity index (χ4n) is 7.59. The topological polar surface area (TPSA) is 124 Å². The first kappa shape index (κ1) is 39.4. The van der Waals surface area contributed by atoms with E-state index in [-0.39, 0.29) is 31.9 Å². The van der Waals surface area contributed by atoms with E-state index in [1.165, 1.54) is 24.3 Å². The number of anilines is 1. The van der Waals surface area contributed by atoms with Crippen LogP contribution >= 0.6 is 0 Å². The lowest BCUT2D eigenvalue weighted by atomic mass is 9.97. The van der Waals surface area contributed by atoms with Gasteiger partial charge in [-0.2, -0.15) is 0 Å². The van der Waals surface area contributed by atoms with Crippen molar-refractivity contribution >= 4 is 29.4 Å². The van der Waals surface area contributed by atoms with Crippen LogP contribution in [0.4, 0.5) is 10.1 Å². The molecule has 2 aliphatic heterocycles. The molecule has 11 nitrogen and oxygen atoms in total. The summed E-state index contributed by atoms with van der Waals surface area (Å²) in [5, 5.41) is 2.94. The van der Waals surface area contributed by atoms with Crippen molar-refractivity contribution in [2.45, 2.75) is 31.1 Å². The molecule has 0 saturated heterocycles. The van der Waals surface area contributed by atoms with E-state index in [2.05, 4.69) is 5.32 Å². The summed E-state index contributed by atoms with van der Waals surface area (Å²) in [6.45, 7) is -0.373. The number of nitrogens with one attached hydrogen (secondary N) is 1. The van der Waals surface area contributed by atoms with Crippen LogP contribution in [0.5, 0.6) is 17.2 Å². The molecule has 6 aromatic carbocycles. The summed E-state index contributed by atoms with van der Waals surface area (Å²) in [5.74, 6) is -1.19. The van der Waals surface area contributed by atoms with Gasteiger partial charge in [-0.3, -0.25) is 19.3 Å². The Morgan fingerprint density at radius 1 is 0.750 bits per heavy atom. The number of halogens is 1. The third-order valence-electron chi connectivity index (χ3n) is 10.6. The molecule has 0 aliphatic carbocycles. The maximum Gasteiger partial charge on any atom is 0.338 e. The number of carbonyl (C=O) groups is 4. The number of fused-ring (bicyclic) bond motifs is 2. The summed E-state index contributed by atoms with van der Waals surface area (Å²) in [7, 11) is 1.56. The summed E-state index contributed by atoms with van der Waals surface area (Å²) in [6.07, 6.45) is 0.0900. The highest BCUT2D eigenvalue weighted by molar-refractivity contribution is 6.08. The summed E-state index contributed by atoms with van der Waals surface area (Å²) < 4.78 is 37.1. The van der Waals surface area contributed by atoms with Gasteiger partial charge >= 0.3 is 5.97 Å². The number of ether oxygens (including phenoxy) is 4.